The van der Waals surface area contributed by atoms with Crippen LogP contribution in [-0.2, 0) is 0 Å². The van der Waals surface area contributed by atoms with Crippen LogP contribution in [-0.4, -0.2) is 51.7 Å². The molecule has 6 nitrogen and oxygen atoms in total. The largest absolute Gasteiger partial charge is 0.493 e. The van der Waals surface area contributed by atoms with Crippen LogP contribution in [0.5, 0.6) is 23.0 Å². The molecule has 1 unspecified atom stereocenters. The summed E-state index contributed by atoms with van der Waals surface area (Å²) in [6.45, 7) is 0.744. The number of rotatable bonds is 9. The zero-order valence-corrected chi connectivity index (χ0v) is 12.7. The van der Waals surface area contributed by atoms with Gasteiger partial charge in [0.2, 0.25) is 5.75 Å². The summed E-state index contributed by atoms with van der Waals surface area (Å²) in [5.41, 5.74) is 0. The van der Waals surface area contributed by atoms with Gasteiger partial charge >= 0.3 is 0 Å². The van der Waals surface area contributed by atoms with Gasteiger partial charge in [-0.25, -0.2) is 0 Å². The van der Waals surface area contributed by atoms with E-state index < -0.39 is 6.10 Å². The minimum atomic E-state index is -0.551. The summed E-state index contributed by atoms with van der Waals surface area (Å²) in [5, 5.41) is 13.1. The predicted molar refractivity (Wildman–Crippen MR) is 78.6 cm³/mol. The predicted octanol–water partition coefficient (Wildman–Crippen LogP) is 1.20. The molecule has 0 heterocycles. The van der Waals surface area contributed by atoms with Crippen molar-refractivity contribution in [2.45, 2.75) is 25.0 Å². The molecule has 0 aliphatic heterocycles. The molecule has 0 bridgehead atoms. The summed E-state index contributed by atoms with van der Waals surface area (Å²) in [7, 11) is 4.65. The van der Waals surface area contributed by atoms with Gasteiger partial charge in [0, 0.05) is 24.7 Å². The van der Waals surface area contributed by atoms with E-state index in [-0.39, 0.29) is 6.61 Å². The van der Waals surface area contributed by atoms with Gasteiger partial charge in [-0.05, 0) is 12.8 Å². The third kappa shape index (κ3) is 4.41. The Hall–Kier alpha value is -1.66. The zero-order chi connectivity index (χ0) is 15.2. The summed E-state index contributed by atoms with van der Waals surface area (Å²) >= 11 is 0. The number of aliphatic hydroxyl groups excluding tert-OH is 1. The Morgan fingerprint density at radius 1 is 1.14 bits per heavy atom. The van der Waals surface area contributed by atoms with Crippen molar-refractivity contribution in [1.29, 1.82) is 0 Å². The van der Waals surface area contributed by atoms with Crippen LogP contribution in [0.25, 0.3) is 0 Å². The fourth-order valence-corrected chi connectivity index (χ4v) is 1.98. The monoisotopic (exact) mass is 297 g/mol. The maximum atomic E-state index is 9.87. The highest BCUT2D eigenvalue weighted by molar-refractivity contribution is 5.55. The molecule has 1 atom stereocenters. The standard InChI is InChI=1S/C15H23NO5/c1-18-13-6-12(7-14(19-2)15(13)20-3)21-9-11(17)8-16-10-4-5-10/h6-7,10-11,16-17H,4-5,8-9H2,1-3H3. The lowest BCUT2D eigenvalue weighted by Gasteiger charge is -2.16. The number of nitrogens with one attached hydrogen (secondary N) is 1. The third-order valence-corrected chi connectivity index (χ3v) is 3.30. The van der Waals surface area contributed by atoms with Crippen LogP contribution in [0.15, 0.2) is 12.1 Å². The van der Waals surface area contributed by atoms with Crippen molar-refractivity contribution in [2.24, 2.45) is 0 Å². The first-order chi connectivity index (χ1) is 10.2. The Kier molecular flexibility index (Phi) is 5.52. The van der Waals surface area contributed by atoms with E-state index >= 15 is 0 Å². The van der Waals surface area contributed by atoms with Crippen molar-refractivity contribution < 1.29 is 24.1 Å². The molecule has 0 radical (unpaired) electrons. The lowest BCUT2D eigenvalue weighted by Crippen LogP contribution is -2.32. The number of aliphatic hydroxyl groups is 1. The smallest absolute Gasteiger partial charge is 0.203 e. The van der Waals surface area contributed by atoms with Crippen molar-refractivity contribution in [1.82, 2.24) is 5.32 Å². The quantitative estimate of drug-likeness (QED) is 0.714. The average molecular weight is 297 g/mol. The number of benzene rings is 1. The Bertz CT molecular complexity index is 436. The van der Waals surface area contributed by atoms with Gasteiger partial charge in [0.1, 0.15) is 18.5 Å². The zero-order valence-electron chi connectivity index (χ0n) is 12.7. The molecule has 0 aromatic heterocycles. The second-order valence-corrected chi connectivity index (χ2v) is 5.01. The van der Waals surface area contributed by atoms with E-state index in [9.17, 15) is 5.11 Å². The molecule has 0 saturated heterocycles. The summed E-state index contributed by atoms with van der Waals surface area (Å²) < 4.78 is 21.4. The topological polar surface area (TPSA) is 69.2 Å². The van der Waals surface area contributed by atoms with Gasteiger partial charge < -0.3 is 29.4 Å². The van der Waals surface area contributed by atoms with Crippen molar-refractivity contribution in [3.63, 3.8) is 0 Å². The van der Waals surface area contributed by atoms with Crippen LogP contribution in [0.1, 0.15) is 12.8 Å². The second-order valence-electron chi connectivity index (χ2n) is 5.01. The first kappa shape index (κ1) is 15.7. The van der Waals surface area contributed by atoms with Crippen LogP contribution in [0, 0.1) is 0 Å². The number of ether oxygens (including phenoxy) is 4. The molecule has 2 rings (SSSR count). The molecule has 2 N–H and O–H groups in total. The van der Waals surface area contributed by atoms with Gasteiger partial charge in [-0.2, -0.15) is 0 Å². The minimum Gasteiger partial charge on any atom is -0.493 e. The van der Waals surface area contributed by atoms with E-state index in [1.165, 1.54) is 12.8 Å². The van der Waals surface area contributed by atoms with E-state index in [2.05, 4.69) is 5.32 Å². The van der Waals surface area contributed by atoms with Crippen molar-refractivity contribution in [2.75, 3.05) is 34.5 Å². The third-order valence-electron chi connectivity index (χ3n) is 3.30. The van der Waals surface area contributed by atoms with Crippen LogP contribution < -0.4 is 24.3 Å². The Morgan fingerprint density at radius 2 is 1.76 bits per heavy atom. The van der Waals surface area contributed by atoms with Crippen molar-refractivity contribution in [3.05, 3.63) is 12.1 Å². The fraction of sp³-hybridized carbons (Fsp3) is 0.600. The molecule has 118 valence electrons. The number of hydrogen-bond acceptors (Lipinski definition) is 6. The van der Waals surface area contributed by atoms with Gasteiger partial charge in [-0.1, -0.05) is 0 Å². The first-order valence-corrected chi connectivity index (χ1v) is 7.02. The molecule has 1 aliphatic rings. The van der Waals surface area contributed by atoms with Crippen LogP contribution >= 0.6 is 0 Å². The Balaban J connectivity index is 1.94. The van der Waals surface area contributed by atoms with E-state index in [0.717, 1.165) is 0 Å². The van der Waals surface area contributed by atoms with E-state index in [4.69, 9.17) is 18.9 Å². The van der Waals surface area contributed by atoms with Gasteiger partial charge in [-0.3, -0.25) is 0 Å². The summed E-state index contributed by atoms with van der Waals surface area (Å²) in [6.07, 6.45) is 1.84. The van der Waals surface area contributed by atoms with Crippen molar-refractivity contribution >= 4 is 0 Å². The summed E-state index contributed by atoms with van der Waals surface area (Å²) in [6, 6.07) is 3.99. The van der Waals surface area contributed by atoms with Crippen molar-refractivity contribution in [3.8, 4) is 23.0 Å². The molecule has 1 aliphatic carbocycles. The van der Waals surface area contributed by atoms with E-state index in [1.54, 1.807) is 33.5 Å². The maximum absolute atomic E-state index is 9.87. The Labute approximate surface area is 125 Å². The highest BCUT2D eigenvalue weighted by Crippen LogP contribution is 2.40. The molecular formula is C15H23NO5. The van der Waals surface area contributed by atoms with Crippen LogP contribution in [0.4, 0.5) is 0 Å². The lowest BCUT2D eigenvalue weighted by molar-refractivity contribution is 0.106. The number of hydrogen-bond donors (Lipinski definition) is 2. The van der Waals surface area contributed by atoms with Crippen LogP contribution in [0.3, 0.4) is 0 Å². The molecule has 1 aromatic rings. The van der Waals surface area contributed by atoms with Gasteiger partial charge in [0.05, 0.1) is 21.3 Å². The average Bonchev–Trinajstić information content (AvgIpc) is 3.33. The molecule has 1 aromatic carbocycles. The maximum Gasteiger partial charge on any atom is 0.203 e. The summed E-state index contributed by atoms with van der Waals surface area (Å²) in [5.74, 6) is 2.13. The molecule has 6 heteroatoms. The lowest BCUT2D eigenvalue weighted by atomic mass is 10.2. The molecule has 21 heavy (non-hydrogen) atoms. The highest BCUT2D eigenvalue weighted by atomic mass is 16.5. The van der Waals surface area contributed by atoms with E-state index in [1.807, 2.05) is 0 Å². The molecule has 1 fully saturated rings. The highest BCUT2D eigenvalue weighted by Gasteiger charge is 2.21. The Morgan fingerprint density at radius 3 is 2.24 bits per heavy atom. The molecular weight excluding hydrogens is 274 g/mol. The second kappa shape index (κ2) is 7.38. The van der Waals surface area contributed by atoms with Gasteiger partial charge in [0.25, 0.3) is 0 Å². The normalized spacial score (nSPS) is 15.4. The van der Waals surface area contributed by atoms with Gasteiger partial charge in [0.15, 0.2) is 11.5 Å². The summed E-state index contributed by atoms with van der Waals surface area (Å²) in [4.78, 5) is 0. The SMILES string of the molecule is COc1cc(OCC(O)CNC2CC2)cc(OC)c1OC. The molecule has 1 saturated carbocycles. The molecule has 0 spiro atoms. The molecule has 0 amide bonds. The fourth-order valence-electron chi connectivity index (χ4n) is 1.98. The van der Waals surface area contributed by atoms with Gasteiger partial charge in [-0.15, -0.1) is 0 Å². The first-order valence-electron chi connectivity index (χ1n) is 7.02. The van der Waals surface area contributed by atoms with Crippen LogP contribution in [0.2, 0.25) is 0 Å². The number of methoxy groups -OCH3 is 3. The van der Waals surface area contributed by atoms with E-state index in [0.29, 0.717) is 35.6 Å². The minimum absolute atomic E-state index is 0.207.